The minimum Gasteiger partial charge on any atom is -0.439 e. The van der Waals surface area contributed by atoms with E-state index in [2.05, 4.69) is 15.3 Å². The van der Waals surface area contributed by atoms with Crippen molar-refractivity contribution in [3.8, 4) is 17.4 Å². The van der Waals surface area contributed by atoms with Gasteiger partial charge in [-0.25, -0.2) is 9.97 Å². The molecule has 0 aliphatic rings. The quantitative estimate of drug-likeness (QED) is 0.513. The number of nitrogens with one attached hydrogen (secondary N) is 1. The van der Waals surface area contributed by atoms with E-state index >= 15 is 0 Å². The molecule has 0 fully saturated rings. The van der Waals surface area contributed by atoms with Crippen LogP contribution >= 0.6 is 22.9 Å². The number of halogens is 1. The smallest absolute Gasteiger partial charge is 0.265 e. The van der Waals surface area contributed by atoms with Gasteiger partial charge in [0.25, 0.3) is 5.91 Å². The molecule has 0 atom stereocenters. The molecular weight excluding hydrogens is 384 g/mol. The molecule has 8 heteroatoms. The van der Waals surface area contributed by atoms with Crippen molar-refractivity contribution in [3.05, 3.63) is 82.5 Å². The van der Waals surface area contributed by atoms with Crippen LogP contribution in [0.2, 0.25) is 4.34 Å². The number of carbonyl (C=O) groups is 1. The van der Waals surface area contributed by atoms with Gasteiger partial charge in [0.1, 0.15) is 17.9 Å². The lowest BCUT2D eigenvalue weighted by atomic mass is 10.3. The van der Waals surface area contributed by atoms with Crippen molar-refractivity contribution >= 4 is 34.5 Å². The second-order valence-corrected chi connectivity index (χ2v) is 7.20. The van der Waals surface area contributed by atoms with Crippen molar-refractivity contribution in [3.63, 3.8) is 0 Å². The standard InChI is InChI=1S/C19H13ClN4O2S/c20-16-8-7-15(27-16)19(25)23-13-3-5-14(6-4-13)26-18-11-17(21-12-22-18)24-9-1-2-10-24/h1-12H,(H,23,25). The Morgan fingerprint density at radius 3 is 2.56 bits per heavy atom. The summed E-state index contributed by atoms with van der Waals surface area (Å²) in [6.07, 6.45) is 5.24. The first-order chi connectivity index (χ1) is 13.2. The predicted molar refractivity (Wildman–Crippen MR) is 105 cm³/mol. The van der Waals surface area contributed by atoms with Crippen LogP contribution in [0.5, 0.6) is 11.6 Å². The van der Waals surface area contributed by atoms with Crippen LogP contribution in [0, 0.1) is 0 Å². The zero-order chi connectivity index (χ0) is 18.6. The highest BCUT2D eigenvalue weighted by Gasteiger charge is 2.09. The molecule has 6 nitrogen and oxygen atoms in total. The van der Waals surface area contributed by atoms with Crippen LogP contribution in [-0.4, -0.2) is 20.4 Å². The normalized spacial score (nSPS) is 10.6. The summed E-state index contributed by atoms with van der Waals surface area (Å²) in [5, 5.41) is 2.82. The van der Waals surface area contributed by atoms with Gasteiger partial charge in [-0.05, 0) is 48.5 Å². The zero-order valence-electron chi connectivity index (χ0n) is 13.9. The molecule has 0 unspecified atom stereocenters. The summed E-state index contributed by atoms with van der Waals surface area (Å²) in [6, 6.07) is 16.0. The van der Waals surface area contributed by atoms with Crippen molar-refractivity contribution in [1.29, 1.82) is 0 Å². The lowest BCUT2D eigenvalue weighted by molar-refractivity contribution is 0.103. The molecule has 0 radical (unpaired) electrons. The number of hydrogen-bond donors (Lipinski definition) is 1. The number of ether oxygens (including phenoxy) is 1. The van der Waals surface area contributed by atoms with Gasteiger partial charge in [0.05, 0.1) is 9.21 Å². The fourth-order valence-corrected chi connectivity index (χ4v) is 3.31. The number of rotatable bonds is 5. The molecule has 1 amide bonds. The van der Waals surface area contributed by atoms with E-state index in [1.807, 2.05) is 29.1 Å². The molecule has 1 aromatic carbocycles. The molecule has 27 heavy (non-hydrogen) atoms. The van der Waals surface area contributed by atoms with Gasteiger partial charge < -0.3 is 14.6 Å². The van der Waals surface area contributed by atoms with Gasteiger partial charge in [-0.2, -0.15) is 0 Å². The van der Waals surface area contributed by atoms with E-state index in [1.165, 1.54) is 17.7 Å². The fraction of sp³-hybridized carbons (Fsp3) is 0. The van der Waals surface area contributed by atoms with Gasteiger partial charge >= 0.3 is 0 Å². The number of aromatic nitrogens is 3. The van der Waals surface area contributed by atoms with Crippen molar-refractivity contribution in [2.45, 2.75) is 0 Å². The maximum absolute atomic E-state index is 12.1. The van der Waals surface area contributed by atoms with Crippen molar-refractivity contribution in [1.82, 2.24) is 14.5 Å². The number of thiophene rings is 1. The first-order valence-electron chi connectivity index (χ1n) is 7.97. The van der Waals surface area contributed by atoms with Crippen molar-refractivity contribution < 1.29 is 9.53 Å². The fourth-order valence-electron chi connectivity index (χ4n) is 2.37. The first kappa shape index (κ1) is 17.3. The van der Waals surface area contributed by atoms with E-state index in [1.54, 1.807) is 42.5 Å². The third-order valence-electron chi connectivity index (χ3n) is 3.63. The molecule has 0 spiro atoms. The number of nitrogens with zero attached hydrogens (tertiary/aromatic N) is 3. The number of anilines is 1. The summed E-state index contributed by atoms with van der Waals surface area (Å²) in [6.45, 7) is 0. The molecular formula is C19H13ClN4O2S. The molecule has 0 bridgehead atoms. The van der Waals surface area contributed by atoms with Crippen LogP contribution in [0.25, 0.3) is 5.82 Å². The lowest BCUT2D eigenvalue weighted by Gasteiger charge is -2.08. The van der Waals surface area contributed by atoms with E-state index in [-0.39, 0.29) is 5.91 Å². The van der Waals surface area contributed by atoms with Gasteiger partial charge in [-0.15, -0.1) is 11.3 Å². The zero-order valence-corrected chi connectivity index (χ0v) is 15.4. The summed E-state index contributed by atoms with van der Waals surface area (Å²) in [5.74, 6) is 1.54. The third kappa shape index (κ3) is 4.16. The van der Waals surface area contributed by atoms with Crippen LogP contribution in [0.15, 0.2) is 73.3 Å². The molecule has 134 valence electrons. The monoisotopic (exact) mass is 396 g/mol. The van der Waals surface area contributed by atoms with Crippen LogP contribution in [0.4, 0.5) is 5.69 Å². The number of hydrogen-bond acceptors (Lipinski definition) is 5. The third-order valence-corrected chi connectivity index (χ3v) is 4.86. The molecule has 0 saturated heterocycles. The Hall–Kier alpha value is -3.16. The van der Waals surface area contributed by atoms with Crippen LogP contribution in [0.3, 0.4) is 0 Å². The average Bonchev–Trinajstić information content (AvgIpc) is 3.35. The molecule has 4 aromatic rings. The Morgan fingerprint density at radius 2 is 1.85 bits per heavy atom. The minimum absolute atomic E-state index is 0.201. The van der Waals surface area contributed by atoms with E-state index in [0.29, 0.717) is 32.3 Å². The van der Waals surface area contributed by atoms with E-state index in [0.717, 1.165) is 0 Å². The van der Waals surface area contributed by atoms with Crippen LogP contribution in [-0.2, 0) is 0 Å². The van der Waals surface area contributed by atoms with Gasteiger partial charge in [0, 0.05) is 24.1 Å². The molecule has 0 aliphatic heterocycles. The Kier molecular flexibility index (Phi) is 4.86. The Labute approximate surface area is 164 Å². The van der Waals surface area contributed by atoms with E-state index in [9.17, 15) is 4.79 Å². The Bertz CT molecular complexity index is 1060. The number of benzene rings is 1. The largest absolute Gasteiger partial charge is 0.439 e. The first-order valence-corrected chi connectivity index (χ1v) is 9.17. The maximum atomic E-state index is 12.1. The highest BCUT2D eigenvalue weighted by atomic mass is 35.5. The Balaban J connectivity index is 1.44. The lowest BCUT2D eigenvalue weighted by Crippen LogP contribution is -2.09. The maximum Gasteiger partial charge on any atom is 0.265 e. The summed E-state index contributed by atoms with van der Waals surface area (Å²) in [4.78, 5) is 21.0. The van der Waals surface area contributed by atoms with Crippen LogP contribution < -0.4 is 10.1 Å². The second kappa shape index (κ2) is 7.61. The van der Waals surface area contributed by atoms with Crippen molar-refractivity contribution in [2.75, 3.05) is 5.32 Å². The highest BCUT2D eigenvalue weighted by Crippen LogP contribution is 2.25. The van der Waals surface area contributed by atoms with Gasteiger partial charge in [-0.3, -0.25) is 4.79 Å². The molecule has 0 aliphatic carbocycles. The average molecular weight is 397 g/mol. The highest BCUT2D eigenvalue weighted by molar-refractivity contribution is 7.18. The molecule has 0 saturated carbocycles. The summed E-state index contributed by atoms with van der Waals surface area (Å²) >= 11 is 7.09. The molecule has 4 rings (SSSR count). The number of carbonyl (C=O) groups excluding carboxylic acids is 1. The van der Waals surface area contributed by atoms with Crippen LogP contribution in [0.1, 0.15) is 9.67 Å². The summed E-state index contributed by atoms with van der Waals surface area (Å²) in [7, 11) is 0. The topological polar surface area (TPSA) is 69.0 Å². The summed E-state index contributed by atoms with van der Waals surface area (Å²) in [5.41, 5.74) is 0.660. The van der Waals surface area contributed by atoms with E-state index in [4.69, 9.17) is 16.3 Å². The van der Waals surface area contributed by atoms with Gasteiger partial charge in [-0.1, -0.05) is 11.6 Å². The molecule has 3 aromatic heterocycles. The number of amides is 1. The second-order valence-electron chi connectivity index (χ2n) is 5.49. The minimum atomic E-state index is -0.201. The SMILES string of the molecule is O=C(Nc1ccc(Oc2cc(-n3cccc3)ncn2)cc1)c1ccc(Cl)s1. The van der Waals surface area contributed by atoms with Gasteiger partial charge in [0.15, 0.2) is 0 Å². The predicted octanol–water partition coefficient (Wildman–Crippen LogP) is 5.03. The molecule has 1 N–H and O–H groups in total. The molecule has 3 heterocycles. The summed E-state index contributed by atoms with van der Waals surface area (Å²) < 4.78 is 8.21. The van der Waals surface area contributed by atoms with E-state index < -0.39 is 0 Å². The Morgan fingerprint density at radius 1 is 1.07 bits per heavy atom. The van der Waals surface area contributed by atoms with Gasteiger partial charge in [0.2, 0.25) is 5.88 Å². The van der Waals surface area contributed by atoms with Crippen molar-refractivity contribution in [2.24, 2.45) is 0 Å².